The van der Waals surface area contributed by atoms with Crippen molar-refractivity contribution in [3.05, 3.63) is 29.8 Å². The first kappa shape index (κ1) is 15.3. The molecule has 1 saturated carbocycles. The van der Waals surface area contributed by atoms with Gasteiger partial charge in [0.15, 0.2) is 9.84 Å². The summed E-state index contributed by atoms with van der Waals surface area (Å²) in [4.78, 5) is 0. The molecule has 112 valence electrons. The van der Waals surface area contributed by atoms with Crippen LogP contribution in [0.25, 0.3) is 0 Å². The Labute approximate surface area is 119 Å². The zero-order valence-electron chi connectivity index (χ0n) is 11.6. The van der Waals surface area contributed by atoms with Crippen molar-refractivity contribution in [2.24, 2.45) is 5.41 Å². The molecule has 1 fully saturated rings. The first-order chi connectivity index (χ1) is 9.46. The zero-order valence-corrected chi connectivity index (χ0v) is 12.4. The molecule has 0 unspecified atom stereocenters. The lowest BCUT2D eigenvalue weighted by Gasteiger charge is -2.11. The molecule has 0 aliphatic heterocycles. The Hall–Kier alpha value is -1.11. The van der Waals surface area contributed by atoms with Crippen LogP contribution in [-0.2, 0) is 9.84 Å². The van der Waals surface area contributed by atoms with Crippen LogP contribution >= 0.6 is 0 Å². The second-order valence-corrected chi connectivity index (χ2v) is 7.58. The molecule has 0 saturated heterocycles. The molecule has 6 heteroatoms. The highest BCUT2D eigenvalue weighted by molar-refractivity contribution is 7.92. The summed E-state index contributed by atoms with van der Waals surface area (Å²) in [7, 11) is -1.76. The number of sulfone groups is 1. The maximum atomic E-state index is 12.2. The van der Waals surface area contributed by atoms with Crippen molar-refractivity contribution < 1.29 is 23.4 Å². The van der Waals surface area contributed by atoms with Crippen molar-refractivity contribution in [2.75, 3.05) is 26.1 Å². The molecule has 1 aromatic carbocycles. The highest BCUT2D eigenvalue weighted by atomic mass is 32.2. The smallest absolute Gasteiger partial charge is 0.154 e. The van der Waals surface area contributed by atoms with Crippen molar-refractivity contribution >= 4 is 9.84 Å². The van der Waals surface area contributed by atoms with Crippen LogP contribution in [0.15, 0.2) is 24.3 Å². The van der Waals surface area contributed by atoms with Crippen LogP contribution in [0, 0.1) is 5.41 Å². The Morgan fingerprint density at radius 1 is 1.20 bits per heavy atom. The predicted octanol–water partition coefficient (Wildman–Crippen LogP) is 0.567. The molecular weight excluding hydrogens is 280 g/mol. The molecule has 0 spiro atoms. The van der Waals surface area contributed by atoms with Gasteiger partial charge < -0.3 is 14.9 Å². The fourth-order valence-electron chi connectivity index (χ4n) is 2.94. The van der Waals surface area contributed by atoms with Crippen LogP contribution in [0.5, 0.6) is 5.75 Å². The van der Waals surface area contributed by atoms with Crippen molar-refractivity contribution in [1.82, 2.24) is 0 Å². The standard InChI is InChI=1S/C14H20O5S/c1-3-20(17,18)13-12(14(13,8-15)9-16)10-4-6-11(19-2)7-5-10/h4-7,12-13,15-16H,3,8-9H2,1-2H3/t12-,13+/m0/s1. The van der Waals surface area contributed by atoms with E-state index in [4.69, 9.17) is 4.74 Å². The lowest BCUT2D eigenvalue weighted by atomic mass is 10.0. The topological polar surface area (TPSA) is 83.8 Å². The van der Waals surface area contributed by atoms with Crippen molar-refractivity contribution in [2.45, 2.75) is 18.1 Å². The molecule has 0 bridgehead atoms. The molecule has 20 heavy (non-hydrogen) atoms. The van der Waals surface area contributed by atoms with Crippen molar-refractivity contribution in [1.29, 1.82) is 0 Å². The van der Waals surface area contributed by atoms with E-state index in [0.29, 0.717) is 5.75 Å². The average Bonchev–Trinajstić information content (AvgIpc) is 3.18. The molecule has 5 nitrogen and oxygen atoms in total. The first-order valence-electron chi connectivity index (χ1n) is 6.54. The average molecular weight is 300 g/mol. The Morgan fingerprint density at radius 2 is 1.75 bits per heavy atom. The fraction of sp³-hybridized carbons (Fsp3) is 0.571. The van der Waals surface area contributed by atoms with E-state index in [2.05, 4.69) is 0 Å². The van der Waals surface area contributed by atoms with Crippen molar-refractivity contribution in [3.63, 3.8) is 0 Å². The molecule has 0 heterocycles. The summed E-state index contributed by atoms with van der Waals surface area (Å²) in [5.41, 5.74) is -0.167. The molecule has 0 amide bonds. The second-order valence-electron chi connectivity index (χ2n) is 5.17. The van der Waals surface area contributed by atoms with Gasteiger partial charge in [0.25, 0.3) is 0 Å². The minimum atomic E-state index is -3.32. The number of aliphatic hydroxyl groups excluding tert-OH is 2. The van der Waals surface area contributed by atoms with E-state index in [1.165, 1.54) is 0 Å². The summed E-state index contributed by atoms with van der Waals surface area (Å²) < 4.78 is 29.4. The zero-order chi connectivity index (χ0) is 15.0. The SMILES string of the molecule is CCS(=O)(=O)[C@@H]1[C@H](c2ccc(OC)cc2)C1(CO)CO. The number of methoxy groups -OCH3 is 1. The third-order valence-electron chi connectivity index (χ3n) is 4.23. The Morgan fingerprint density at radius 3 is 2.15 bits per heavy atom. The van der Waals surface area contributed by atoms with Gasteiger partial charge in [-0.3, -0.25) is 0 Å². The molecule has 0 aromatic heterocycles. The second kappa shape index (κ2) is 5.35. The lowest BCUT2D eigenvalue weighted by Crippen LogP contribution is -2.23. The van der Waals surface area contributed by atoms with E-state index in [1.807, 2.05) is 0 Å². The minimum absolute atomic E-state index is 0.00602. The minimum Gasteiger partial charge on any atom is -0.497 e. The number of hydrogen-bond acceptors (Lipinski definition) is 5. The number of aliphatic hydroxyl groups is 2. The third kappa shape index (κ3) is 2.21. The third-order valence-corrected chi connectivity index (χ3v) is 6.55. The maximum Gasteiger partial charge on any atom is 0.154 e. The van der Waals surface area contributed by atoms with Gasteiger partial charge in [0.1, 0.15) is 5.75 Å². The van der Waals surface area contributed by atoms with Crippen LogP contribution in [0.1, 0.15) is 18.4 Å². The van der Waals surface area contributed by atoms with Gasteiger partial charge >= 0.3 is 0 Å². The van der Waals surface area contributed by atoms with Gasteiger partial charge in [-0.2, -0.15) is 0 Å². The van der Waals surface area contributed by atoms with Gasteiger partial charge in [-0.1, -0.05) is 19.1 Å². The van der Waals surface area contributed by atoms with Gasteiger partial charge in [-0.25, -0.2) is 8.42 Å². The summed E-state index contributed by atoms with van der Waals surface area (Å²) in [6, 6.07) is 7.08. The molecule has 1 aliphatic rings. The van der Waals surface area contributed by atoms with E-state index in [-0.39, 0.29) is 24.9 Å². The van der Waals surface area contributed by atoms with Crippen LogP contribution in [0.3, 0.4) is 0 Å². The number of ether oxygens (including phenoxy) is 1. The monoisotopic (exact) mass is 300 g/mol. The number of rotatable bonds is 6. The van der Waals surface area contributed by atoms with E-state index in [0.717, 1.165) is 5.56 Å². The quantitative estimate of drug-likeness (QED) is 0.802. The normalized spacial score (nSPS) is 24.4. The molecule has 2 N–H and O–H groups in total. The molecule has 1 aliphatic carbocycles. The van der Waals surface area contributed by atoms with E-state index in [9.17, 15) is 18.6 Å². The van der Waals surface area contributed by atoms with E-state index < -0.39 is 20.5 Å². The van der Waals surface area contributed by atoms with Crippen LogP contribution in [-0.4, -0.2) is 50.0 Å². The Kier molecular flexibility index (Phi) is 4.09. The highest BCUT2D eigenvalue weighted by Crippen LogP contribution is 2.62. The summed E-state index contributed by atoms with van der Waals surface area (Å²) in [5, 5.41) is 18.4. The van der Waals surface area contributed by atoms with Crippen molar-refractivity contribution in [3.8, 4) is 5.75 Å². The number of hydrogen-bond donors (Lipinski definition) is 2. The first-order valence-corrected chi connectivity index (χ1v) is 8.25. The Balaban J connectivity index is 2.38. The van der Waals surface area contributed by atoms with Crippen LogP contribution in [0.2, 0.25) is 0 Å². The number of benzene rings is 1. The highest BCUT2D eigenvalue weighted by Gasteiger charge is 2.69. The molecule has 2 atom stereocenters. The molecule has 2 rings (SSSR count). The van der Waals surface area contributed by atoms with Crippen LogP contribution in [0.4, 0.5) is 0 Å². The maximum absolute atomic E-state index is 12.2. The van der Waals surface area contributed by atoms with Gasteiger partial charge in [0.2, 0.25) is 0 Å². The van der Waals surface area contributed by atoms with Crippen LogP contribution < -0.4 is 4.74 Å². The summed E-state index contributed by atoms with van der Waals surface area (Å²) in [5.74, 6) is 0.322. The molecular formula is C14H20O5S. The van der Waals surface area contributed by atoms with Gasteiger partial charge in [0.05, 0.1) is 25.6 Å². The predicted molar refractivity (Wildman–Crippen MR) is 75.6 cm³/mol. The fourth-order valence-corrected chi connectivity index (χ4v) is 5.08. The van der Waals surface area contributed by atoms with E-state index >= 15 is 0 Å². The molecule has 1 aromatic rings. The largest absolute Gasteiger partial charge is 0.497 e. The molecule has 0 radical (unpaired) electrons. The summed E-state index contributed by atoms with van der Waals surface area (Å²) in [6.07, 6.45) is 0. The van der Waals surface area contributed by atoms with E-state index in [1.54, 1.807) is 38.3 Å². The lowest BCUT2D eigenvalue weighted by molar-refractivity contribution is 0.130. The summed E-state index contributed by atoms with van der Waals surface area (Å²) in [6.45, 7) is 0.895. The summed E-state index contributed by atoms with van der Waals surface area (Å²) >= 11 is 0. The Bertz CT molecular complexity index is 560. The van der Waals surface area contributed by atoms with Gasteiger partial charge in [0, 0.05) is 17.1 Å². The van der Waals surface area contributed by atoms with Gasteiger partial charge in [-0.05, 0) is 17.7 Å². The van der Waals surface area contributed by atoms with Gasteiger partial charge in [-0.15, -0.1) is 0 Å².